The fraction of sp³-hybridized carbons (Fsp3) is 0.944. The van der Waals surface area contributed by atoms with Crippen LogP contribution in [-0.4, -0.2) is 60.1 Å². The molecule has 0 amide bonds. The highest BCUT2D eigenvalue weighted by molar-refractivity contribution is 5.65. The Labute approximate surface area is 141 Å². The topological polar surface area (TPSA) is 80.6 Å². The quantitative estimate of drug-likeness (QED) is 0.373. The van der Waals surface area contributed by atoms with Crippen LogP contribution in [-0.2, 0) is 4.79 Å². The summed E-state index contributed by atoms with van der Waals surface area (Å²) in [6, 6.07) is 0. The van der Waals surface area contributed by atoms with Crippen LogP contribution in [0.15, 0.2) is 0 Å². The molecular formula is C18H37NO4. The number of quaternary nitrogens is 1. The smallest absolute Gasteiger partial charge is 0.119 e. The van der Waals surface area contributed by atoms with Gasteiger partial charge in [-0.15, -0.1) is 0 Å². The number of aliphatic carboxylic acids is 1. The summed E-state index contributed by atoms with van der Waals surface area (Å²) >= 11 is 0. The molecule has 0 radical (unpaired) electrons. The van der Waals surface area contributed by atoms with Crippen LogP contribution < -0.4 is 5.11 Å². The molecule has 0 bridgehead atoms. The minimum atomic E-state index is -1.32. The van der Waals surface area contributed by atoms with E-state index in [1.165, 1.54) is 25.7 Å². The average molecular weight is 331 g/mol. The van der Waals surface area contributed by atoms with Crippen molar-refractivity contribution in [3.63, 3.8) is 0 Å². The summed E-state index contributed by atoms with van der Waals surface area (Å²) in [4.78, 5) is 10.9. The molecule has 0 aliphatic heterocycles. The molecule has 0 aromatic rings. The molecule has 0 fully saturated rings. The monoisotopic (exact) mass is 331 g/mol. The van der Waals surface area contributed by atoms with Gasteiger partial charge >= 0.3 is 0 Å². The third kappa shape index (κ3) is 13.5. The van der Waals surface area contributed by atoms with E-state index in [0.29, 0.717) is 17.4 Å². The molecule has 0 aliphatic rings. The van der Waals surface area contributed by atoms with Crippen LogP contribution in [0.2, 0.25) is 0 Å². The minimum absolute atomic E-state index is 0.285. The fourth-order valence-corrected chi connectivity index (χ4v) is 3.11. The van der Waals surface area contributed by atoms with Crippen LogP contribution in [0.5, 0.6) is 0 Å². The van der Waals surface area contributed by atoms with Gasteiger partial charge in [0.2, 0.25) is 0 Å². The normalized spacial score (nSPS) is 16.1. The van der Waals surface area contributed by atoms with Gasteiger partial charge in [-0.05, 0) is 19.3 Å². The Kier molecular flexibility index (Phi) is 10.7. The van der Waals surface area contributed by atoms with E-state index in [0.717, 1.165) is 19.3 Å². The summed E-state index contributed by atoms with van der Waals surface area (Å²) in [5.74, 6) is -1.24. The number of carbonyl (C=O) groups is 1. The third-order valence-electron chi connectivity index (χ3n) is 4.08. The first-order valence-electron chi connectivity index (χ1n) is 8.99. The number of rotatable bonds is 14. The number of carboxylic acid groups (broad SMARTS) is 1. The lowest BCUT2D eigenvalue weighted by molar-refractivity contribution is -0.877. The first-order valence-corrected chi connectivity index (χ1v) is 8.99. The van der Waals surface area contributed by atoms with Crippen molar-refractivity contribution in [1.29, 1.82) is 0 Å². The average Bonchev–Trinajstić information content (AvgIpc) is 2.37. The summed E-state index contributed by atoms with van der Waals surface area (Å²) in [7, 11) is 5.73. The Balaban J connectivity index is 4.16. The van der Waals surface area contributed by atoms with Gasteiger partial charge in [0.05, 0.1) is 27.2 Å². The van der Waals surface area contributed by atoms with E-state index >= 15 is 0 Å². The molecule has 138 valence electrons. The van der Waals surface area contributed by atoms with E-state index in [4.69, 9.17) is 0 Å². The van der Waals surface area contributed by atoms with Crippen molar-refractivity contribution in [2.45, 2.75) is 82.8 Å². The molecule has 0 spiro atoms. The zero-order valence-electron chi connectivity index (χ0n) is 15.5. The third-order valence-corrected chi connectivity index (χ3v) is 4.08. The summed E-state index contributed by atoms with van der Waals surface area (Å²) in [5, 5.41) is 31.6. The lowest BCUT2D eigenvalue weighted by atomic mass is 9.90. The largest absolute Gasteiger partial charge is 0.550 e. The summed E-state index contributed by atoms with van der Waals surface area (Å²) in [5.41, 5.74) is -1.32. The molecule has 5 nitrogen and oxygen atoms in total. The van der Waals surface area contributed by atoms with Crippen molar-refractivity contribution >= 4 is 5.97 Å². The van der Waals surface area contributed by atoms with Crippen LogP contribution in [0.3, 0.4) is 0 Å². The summed E-state index contributed by atoms with van der Waals surface area (Å²) in [6.45, 7) is 2.51. The molecule has 2 unspecified atom stereocenters. The second-order valence-electron chi connectivity index (χ2n) is 7.97. The Morgan fingerprint density at radius 1 is 1.09 bits per heavy atom. The molecule has 2 atom stereocenters. The van der Waals surface area contributed by atoms with Gasteiger partial charge in [-0.3, -0.25) is 0 Å². The standard InChI is InChI=1S/C18H37NO4/c1-5-6-7-8-9-10-11-16(20)12-13-18(23,14-17(21)22)15-19(2,3)4/h16,20,23H,5-15H2,1-4H3. The van der Waals surface area contributed by atoms with Gasteiger partial charge in [0.15, 0.2) is 0 Å². The van der Waals surface area contributed by atoms with Gasteiger partial charge in [0.1, 0.15) is 12.1 Å². The van der Waals surface area contributed by atoms with Gasteiger partial charge in [-0.25, -0.2) is 0 Å². The number of hydrogen-bond donors (Lipinski definition) is 2. The number of aliphatic hydroxyl groups is 2. The zero-order chi connectivity index (χ0) is 17.9. The number of carbonyl (C=O) groups excluding carboxylic acids is 1. The maximum Gasteiger partial charge on any atom is 0.119 e. The second-order valence-corrected chi connectivity index (χ2v) is 7.97. The first-order chi connectivity index (χ1) is 10.6. The van der Waals surface area contributed by atoms with Crippen LogP contribution >= 0.6 is 0 Å². The van der Waals surface area contributed by atoms with E-state index < -0.39 is 17.7 Å². The second kappa shape index (κ2) is 11.0. The molecular weight excluding hydrogens is 294 g/mol. The maximum atomic E-state index is 10.9. The molecule has 0 heterocycles. The van der Waals surface area contributed by atoms with E-state index in [1.54, 1.807) is 0 Å². The van der Waals surface area contributed by atoms with E-state index in [-0.39, 0.29) is 12.8 Å². The fourth-order valence-electron chi connectivity index (χ4n) is 3.11. The van der Waals surface area contributed by atoms with Crippen molar-refractivity contribution in [3.8, 4) is 0 Å². The predicted octanol–water partition coefficient (Wildman–Crippen LogP) is 1.46. The first kappa shape index (κ1) is 22.4. The van der Waals surface area contributed by atoms with Crippen molar-refractivity contribution in [2.24, 2.45) is 0 Å². The number of unbranched alkanes of at least 4 members (excludes halogenated alkanes) is 5. The summed E-state index contributed by atoms with van der Waals surface area (Å²) < 4.78 is 0.470. The number of carboxylic acids is 1. The SMILES string of the molecule is CCCCCCCCC(O)CCC(O)(CC(=O)[O-])C[N+](C)(C)C. The minimum Gasteiger partial charge on any atom is -0.550 e. The number of nitrogens with zero attached hydrogens (tertiary/aromatic N) is 1. The molecule has 2 N–H and O–H groups in total. The van der Waals surface area contributed by atoms with Crippen molar-refractivity contribution in [3.05, 3.63) is 0 Å². The lowest BCUT2D eigenvalue weighted by Gasteiger charge is -2.36. The van der Waals surface area contributed by atoms with Gasteiger partial charge < -0.3 is 24.6 Å². The Bertz CT molecular complexity index is 327. The van der Waals surface area contributed by atoms with Crippen LogP contribution in [0.1, 0.15) is 71.1 Å². The lowest BCUT2D eigenvalue weighted by Crippen LogP contribution is -2.52. The number of likely N-dealkylation sites (N-methyl/N-ethyl adjacent to an activating group) is 1. The predicted molar refractivity (Wildman–Crippen MR) is 90.7 cm³/mol. The molecule has 0 rings (SSSR count). The van der Waals surface area contributed by atoms with Crippen LogP contribution in [0, 0.1) is 0 Å². The highest BCUT2D eigenvalue weighted by atomic mass is 16.4. The Morgan fingerprint density at radius 2 is 1.65 bits per heavy atom. The molecule has 0 saturated heterocycles. The van der Waals surface area contributed by atoms with Gasteiger partial charge in [0.25, 0.3) is 0 Å². The van der Waals surface area contributed by atoms with Crippen molar-refractivity contribution in [1.82, 2.24) is 0 Å². The Hall–Kier alpha value is -0.650. The van der Waals surface area contributed by atoms with E-state index in [2.05, 4.69) is 6.92 Å². The van der Waals surface area contributed by atoms with Crippen LogP contribution in [0.4, 0.5) is 0 Å². The number of aliphatic hydroxyl groups excluding tert-OH is 1. The molecule has 23 heavy (non-hydrogen) atoms. The van der Waals surface area contributed by atoms with Gasteiger partial charge in [-0.1, -0.05) is 45.4 Å². The van der Waals surface area contributed by atoms with Crippen LogP contribution in [0.25, 0.3) is 0 Å². The van der Waals surface area contributed by atoms with E-state index in [9.17, 15) is 20.1 Å². The van der Waals surface area contributed by atoms with Gasteiger partial charge in [-0.2, -0.15) is 0 Å². The molecule has 0 aromatic heterocycles. The maximum absolute atomic E-state index is 10.9. The van der Waals surface area contributed by atoms with Gasteiger partial charge in [0, 0.05) is 12.4 Å². The van der Waals surface area contributed by atoms with Crippen molar-refractivity contribution in [2.75, 3.05) is 27.7 Å². The Morgan fingerprint density at radius 3 is 2.17 bits per heavy atom. The molecule has 5 heteroatoms. The molecule has 0 saturated carbocycles. The molecule has 0 aliphatic carbocycles. The number of hydrogen-bond acceptors (Lipinski definition) is 4. The zero-order valence-corrected chi connectivity index (χ0v) is 15.5. The highest BCUT2D eigenvalue weighted by Crippen LogP contribution is 2.23. The van der Waals surface area contributed by atoms with E-state index in [1.807, 2.05) is 21.1 Å². The molecule has 0 aromatic carbocycles. The highest BCUT2D eigenvalue weighted by Gasteiger charge is 2.34. The summed E-state index contributed by atoms with van der Waals surface area (Å²) in [6.07, 6.45) is 7.64. The van der Waals surface area contributed by atoms with Crippen molar-refractivity contribution < 1.29 is 24.6 Å².